The van der Waals surface area contributed by atoms with Crippen LogP contribution in [0.15, 0.2) is 24.5 Å². The van der Waals surface area contributed by atoms with Gasteiger partial charge in [-0.3, -0.25) is 0 Å². The molecule has 0 saturated carbocycles. The Hall–Kier alpha value is -1.35. The zero-order chi connectivity index (χ0) is 9.26. The van der Waals surface area contributed by atoms with Gasteiger partial charge >= 0.3 is 0 Å². The van der Waals surface area contributed by atoms with Crippen molar-refractivity contribution in [2.24, 2.45) is 0 Å². The molecule has 0 aliphatic heterocycles. The molecule has 3 heteroatoms. The van der Waals surface area contributed by atoms with E-state index in [2.05, 4.69) is 15.6 Å². The van der Waals surface area contributed by atoms with E-state index >= 15 is 0 Å². The third kappa shape index (κ3) is 1.42. The molecule has 0 atom stereocenters. The van der Waals surface area contributed by atoms with E-state index < -0.39 is 0 Å². The lowest BCUT2D eigenvalue weighted by atomic mass is 10.3. The summed E-state index contributed by atoms with van der Waals surface area (Å²) in [4.78, 5) is 4.24. The summed E-state index contributed by atoms with van der Waals surface area (Å²) in [6.07, 6.45) is 3.92. The van der Waals surface area contributed by atoms with E-state index in [0.717, 1.165) is 16.9 Å². The highest BCUT2D eigenvalue weighted by atomic mass is 16.5. The van der Waals surface area contributed by atoms with Gasteiger partial charge in [-0.25, -0.2) is 4.98 Å². The summed E-state index contributed by atoms with van der Waals surface area (Å²) in [7, 11) is 1.70. The third-order valence-electron chi connectivity index (χ3n) is 2.06. The molecule has 2 aromatic rings. The van der Waals surface area contributed by atoms with Crippen LogP contribution in [0.5, 0.6) is 0 Å². The second-order valence-corrected chi connectivity index (χ2v) is 3.10. The van der Waals surface area contributed by atoms with Gasteiger partial charge in [0, 0.05) is 25.2 Å². The van der Waals surface area contributed by atoms with Gasteiger partial charge in [-0.05, 0) is 18.6 Å². The number of aromatic nitrogens is 2. The first-order valence-electron chi connectivity index (χ1n) is 4.23. The van der Waals surface area contributed by atoms with Gasteiger partial charge in [0.05, 0.1) is 6.61 Å². The number of nitrogens with zero attached hydrogens (tertiary/aromatic N) is 2. The molecule has 0 saturated heterocycles. The lowest BCUT2D eigenvalue weighted by Gasteiger charge is -2.01. The van der Waals surface area contributed by atoms with Crippen molar-refractivity contribution in [3.63, 3.8) is 0 Å². The predicted octanol–water partition coefficient (Wildman–Crippen LogP) is 1.79. The number of methoxy groups -OCH3 is 1. The number of fused-ring (bicyclic) bond motifs is 1. The van der Waals surface area contributed by atoms with Crippen LogP contribution in [0.25, 0.3) is 5.65 Å². The number of pyridine rings is 1. The van der Waals surface area contributed by atoms with E-state index in [4.69, 9.17) is 4.74 Å². The van der Waals surface area contributed by atoms with E-state index in [1.165, 1.54) is 0 Å². The molecule has 0 aliphatic rings. The Morgan fingerprint density at radius 3 is 3.08 bits per heavy atom. The summed E-state index contributed by atoms with van der Waals surface area (Å²) < 4.78 is 7.12. The molecule has 0 spiro atoms. The maximum Gasteiger partial charge on any atom is 0.136 e. The van der Waals surface area contributed by atoms with Crippen molar-refractivity contribution in [3.8, 4) is 0 Å². The maximum absolute atomic E-state index is 5.06. The molecule has 2 heterocycles. The summed E-state index contributed by atoms with van der Waals surface area (Å²) in [5.74, 6) is 0. The van der Waals surface area contributed by atoms with Crippen LogP contribution in [-0.2, 0) is 11.3 Å². The van der Waals surface area contributed by atoms with Crippen molar-refractivity contribution >= 4 is 5.65 Å². The molecule has 0 fully saturated rings. The van der Waals surface area contributed by atoms with Gasteiger partial charge in [0.2, 0.25) is 0 Å². The highest BCUT2D eigenvalue weighted by Gasteiger charge is 1.99. The molecule has 0 bridgehead atoms. The number of hydrogen-bond donors (Lipinski definition) is 0. The monoisotopic (exact) mass is 176 g/mol. The number of rotatable bonds is 2. The average Bonchev–Trinajstić information content (AvgIpc) is 2.49. The summed E-state index contributed by atoms with van der Waals surface area (Å²) in [5, 5.41) is 0. The first kappa shape index (κ1) is 8.26. The van der Waals surface area contributed by atoms with Gasteiger partial charge in [-0.2, -0.15) is 0 Å². The van der Waals surface area contributed by atoms with Crippen molar-refractivity contribution < 1.29 is 4.74 Å². The Labute approximate surface area is 77.0 Å². The molecular weight excluding hydrogens is 164 g/mol. The van der Waals surface area contributed by atoms with Crippen molar-refractivity contribution in [2.75, 3.05) is 7.11 Å². The topological polar surface area (TPSA) is 26.5 Å². The van der Waals surface area contributed by atoms with E-state index in [-0.39, 0.29) is 0 Å². The normalized spacial score (nSPS) is 10.9. The second-order valence-electron chi connectivity index (χ2n) is 3.10. The van der Waals surface area contributed by atoms with E-state index in [1.807, 2.05) is 25.3 Å². The van der Waals surface area contributed by atoms with Crippen LogP contribution in [0.4, 0.5) is 0 Å². The smallest absolute Gasteiger partial charge is 0.136 e. The predicted molar refractivity (Wildman–Crippen MR) is 50.6 cm³/mol. The van der Waals surface area contributed by atoms with Crippen molar-refractivity contribution in [3.05, 3.63) is 35.8 Å². The molecule has 68 valence electrons. The van der Waals surface area contributed by atoms with Gasteiger partial charge in [0.1, 0.15) is 5.65 Å². The molecule has 13 heavy (non-hydrogen) atoms. The number of hydrogen-bond acceptors (Lipinski definition) is 2. The molecule has 0 aromatic carbocycles. The molecule has 0 unspecified atom stereocenters. The second kappa shape index (κ2) is 3.18. The van der Waals surface area contributed by atoms with Gasteiger partial charge < -0.3 is 9.14 Å². The molecule has 0 amide bonds. The fraction of sp³-hybridized carbons (Fsp3) is 0.300. The standard InChI is InChI=1S/C10H12N2O/c1-8-5-11-10-4-3-9(7-13-2)6-12(8)10/h3-6H,7H2,1-2H3. The molecule has 0 radical (unpaired) electrons. The molecule has 2 rings (SSSR count). The van der Waals surface area contributed by atoms with Gasteiger partial charge in [-0.1, -0.05) is 6.07 Å². The SMILES string of the molecule is COCc1ccc2ncc(C)n2c1. The lowest BCUT2D eigenvalue weighted by molar-refractivity contribution is 0.184. The Balaban J connectivity index is 2.53. The summed E-state index contributed by atoms with van der Waals surface area (Å²) in [5.41, 5.74) is 3.29. The van der Waals surface area contributed by atoms with E-state index in [0.29, 0.717) is 6.61 Å². The molecule has 2 aromatic heterocycles. The molecule has 0 aliphatic carbocycles. The number of imidazole rings is 1. The Bertz CT molecular complexity index is 420. The highest BCUT2D eigenvalue weighted by molar-refractivity contribution is 5.41. The largest absolute Gasteiger partial charge is 0.380 e. The molecule has 0 N–H and O–H groups in total. The fourth-order valence-corrected chi connectivity index (χ4v) is 1.40. The lowest BCUT2D eigenvalue weighted by Crippen LogP contribution is -1.93. The van der Waals surface area contributed by atoms with E-state index in [1.54, 1.807) is 7.11 Å². The Kier molecular flexibility index (Phi) is 2.02. The minimum Gasteiger partial charge on any atom is -0.380 e. The summed E-state index contributed by atoms with van der Waals surface area (Å²) in [6.45, 7) is 2.68. The highest BCUT2D eigenvalue weighted by Crippen LogP contribution is 2.08. The van der Waals surface area contributed by atoms with Gasteiger partial charge in [0.25, 0.3) is 0 Å². The summed E-state index contributed by atoms with van der Waals surface area (Å²) in [6, 6.07) is 4.03. The van der Waals surface area contributed by atoms with Crippen LogP contribution < -0.4 is 0 Å². The van der Waals surface area contributed by atoms with Crippen LogP contribution >= 0.6 is 0 Å². The third-order valence-corrected chi connectivity index (χ3v) is 2.06. The first-order valence-corrected chi connectivity index (χ1v) is 4.23. The van der Waals surface area contributed by atoms with Crippen molar-refractivity contribution in [1.29, 1.82) is 0 Å². The minimum absolute atomic E-state index is 0.646. The van der Waals surface area contributed by atoms with Crippen LogP contribution in [0.3, 0.4) is 0 Å². The van der Waals surface area contributed by atoms with Crippen molar-refractivity contribution in [1.82, 2.24) is 9.38 Å². The molecular formula is C10H12N2O. The average molecular weight is 176 g/mol. The van der Waals surface area contributed by atoms with Crippen LogP contribution in [0, 0.1) is 6.92 Å². The quantitative estimate of drug-likeness (QED) is 0.697. The zero-order valence-electron chi connectivity index (χ0n) is 7.82. The Morgan fingerprint density at radius 1 is 1.46 bits per heavy atom. The van der Waals surface area contributed by atoms with Gasteiger partial charge in [0.15, 0.2) is 0 Å². The number of ether oxygens (including phenoxy) is 1. The first-order chi connectivity index (χ1) is 6.31. The summed E-state index contributed by atoms with van der Waals surface area (Å²) >= 11 is 0. The van der Waals surface area contributed by atoms with E-state index in [9.17, 15) is 0 Å². The fourth-order valence-electron chi connectivity index (χ4n) is 1.40. The zero-order valence-corrected chi connectivity index (χ0v) is 7.82. The van der Waals surface area contributed by atoms with Crippen LogP contribution in [0.2, 0.25) is 0 Å². The van der Waals surface area contributed by atoms with Crippen molar-refractivity contribution in [2.45, 2.75) is 13.5 Å². The Morgan fingerprint density at radius 2 is 2.31 bits per heavy atom. The van der Waals surface area contributed by atoms with Crippen LogP contribution in [-0.4, -0.2) is 16.5 Å². The molecule has 3 nitrogen and oxygen atoms in total. The minimum atomic E-state index is 0.646. The maximum atomic E-state index is 5.06. The number of aryl methyl sites for hydroxylation is 1. The van der Waals surface area contributed by atoms with Crippen LogP contribution in [0.1, 0.15) is 11.3 Å². The van der Waals surface area contributed by atoms with Gasteiger partial charge in [-0.15, -0.1) is 0 Å².